The fraction of sp³-hybridized carbons (Fsp3) is 1.00. The number of nitrogens with one attached hydrogen (secondary N) is 1. The van der Waals surface area contributed by atoms with Gasteiger partial charge in [-0.05, 0) is 5.92 Å². The van der Waals surface area contributed by atoms with Gasteiger partial charge in [0.05, 0.1) is 19.6 Å². The van der Waals surface area contributed by atoms with Gasteiger partial charge >= 0.3 is 0 Å². The molecule has 3 aliphatic rings. The Bertz CT molecular complexity index is 136. The van der Waals surface area contributed by atoms with E-state index in [4.69, 9.17) is 5.16 Å². The molecule has 3 rings (SSSR count). The van der Waals surface area contributed by atoms with Gasteiger partial charge in [0.1, 0.15) is 0 Å². The van der Waals surface area contributed by atoms with Crippen molar-refractivity contribution in [3.8, 4) is 0 Å². The van der Waals surface area contributed by atoms with Crippen LogP contribution in [0.2, 0.25) is 0 Å². The van der Waals surface area contributed by atoms with Crippen molar-refractivity contribution in [1.82, 2.24) is 0 Å². The summed E-state index contributed by atoms with van der Waals surface area (Å²) in [5.41, 5.74) is 0. The molecule has 3 aliphatic heterocycles. The summed E-state index contributed by atoms with van der Waals surface area (Å²) >= 11 is 0. The van der Waals surface area contributed by atoms with Crippen LogP contribution in [-0.2, 0) is 0 Å². The monoisotopic (exact) mass is 157 g/mol. The van der Waals surface area contributed by atoms with Crippen molar-refractivity contribution in [3.63, 3.8) is 0 Å². The molecule has 0 aromatic carbocycles. The van der Waals surface area contributed by atoms with Gasteiger partial charge in [-0.3, -0.25) is 4.25 Å². The van der Waals surface area contributed by atoms with E-state index >= 15 is 0 Å². The zero-order valence-corrected chi connectivity index (χ0v) is 7.11. The van der Waals surface area contributed by atoms with Gasteiger partial charge in [0.25, 0.3) is 8.52 Å². The van der Waals surface area contributed by atoms with Crippen molar-refractivity contribution in [2.45, 2.75) is 19.3 Å². The first-order valence-corrected chi connectivity index (χ1v) is 4.94. The number of fused-ring (bicyclic) bond motifs is 3. The summed E-state index contributed by atoms with van der Waals surface area (Å²) in [7, 11) is 0.861. The van der Waals surface area contributed by atoms with Gasteiger partial charge in [-0.2, -0.15) is 0 Å². The molecule has 3 saturated heterocycles. The molecule has 0 amide bonds. The van der Waals surface area contributed by atoms with Crippen LogP contribution in [0.5, 0.6) is 0 Å². The predicted octanol–water partition coefficient (Wildman–Crippen LogP) is 2.24. The van der Waals surface area contributed by atoms with Crippen LogP contribution < -0.4 is 0 Å². The second-order valence-electron chi connectivity index (χ2n) is 3.60. The highest BCUT2D eigenvalue weighted by molar-refractivity contribution is 7.17. The highest BCUT2D eigenvalue weighted by Gasteiger charge is 2.39. The molecular weight excluding hydrogens is 143 g/mol. The van der Waals surface area contributed by atoms with E-state index in [1.165, 1.54) is 38.9 Å². The van der Waals surface area contributed by atoms with Gasteiger partial charge in [0, 0.05) is 19.3 Å². The summed E-state index contributed by atoms with van der Waals surface area (Å²) < 4.78 is 1.09. The minimum atomic E-state index is 0.861. The van der Waals surface area contributed by atoms with Gasteiger partial charge in [0.15, 0.2) is 0 Å². The molecule has 3 heterocycles. The Balaban J connectivity index is 2.15. The molecule has 0 atom stereocenters. The van der Waals surface area contributed by atoms with Crippen LogP contribution >= 0.6 is 8.52 Å². The first-order chi connectivity index (χ1) is 4.85. The number of quaternary nitrogens is 1. The molecule has 1 N–H and O–H groups in total. The first kappa shape index (κ1) is 6.75. The lowest BCUT2D eigenvalue weighted by Gasteiger charge is -2.44. The zero-order valence-electron chi connectivity index (χ0n) is 6.21. The fourth-order valence-corrected chi connectivity index (χ4v) is 2.83. The van der Waals surface area contributed by atoms with Gasteiger partial charge in [-0.1, -0.05) is 0 Å². The lowest BCUT2D eigenvalue weighted by molar-refractivity contribution is -0.821. The lowest BCUT2D eigenvalue weighted by Crippen LogP contribution is -2.51. The molecular formula is C7H14N2P+. The van der Waals surface area contributed by atoms with E-state index < -0.39 is 0 Å². The third-order valence-electron chi connectivity index (χ3n) is 3.07. The molecule has 0 saturated carbocycles. The number of rotatable bonds is 1. The summed E-state index contributed by atoms with van der Waals surface area (Å²) in [6.45, 7) is 3.86. The minimum absolute atomic E-state index is 0.861. The van der Waals surface area contributed by atoms with E-state index in [1.54, 1.807) is 0 Å². The van der Waals surface area contributed by atoms with Gasteiger partial charge < -0.3 is 0 Å². The molecule has 2 bridgehead atoms. The maximum absolute atomic E-state index is 7.41. The quantitative estimate of drug-likeness (QED) is 0.564. The van der Waals surface area contributed by atoms with E-state index in [9.17, 15) is 0 Å². The summed E-state index contributed by atoms with van der Waals surface area (Å²) in [5.74, 6) is 1.03. The maximum atomic E-state index is 7.41. The Morgan fingerprint density at radius 1 is 1.10 bits per heavy atom. The lowest BCUT2D eigenvalue weighted by atomic mass is 9.88. The Kier molecular flexibility index (Phi) is 1.54. The third-order valence-corrected chi connectivity index (χ3v) is 4.10. The van der Waals surface area contributed by atoms with E-state index in [0.29, 0.717) is 0 Å². The van der Waals surface area contributed by atoms with Crippen molar-refractivity contribution in [2.75, 3.05) is 19.6 Å². The molecule has 3 fully saturated rings. The van der Waals surface area contributed by atoms with Crippen LogP contribution in [0.25, 0.3) is 0 Å². The molecule has 0 aliphatic carbocycles. The number of hydrogen-bond acceptors (Lipinski definition) is 1. The topological polar surface area (TPSA) is 23.9 Å². The molecule has 56 valence electrons. The highest BCUT2D eigenvalue weighted by Crippen LogP contribution is 2.38. The SMILES string of the molecule is N=P[N+]12CCC(CC1)CC2. The van der Waals surface area contributed by atoms with E-state index in [0.717, 1.165) is 18.7 Å². The van der Waals surface area contributed by atoms with Crippen LogP contribution in [0.4, 0.5) is 0 Å². The van der Waals surface area contributed by atoms with Gasteiger partial charge in [-0.25, -0.2) is 5.16 Å². The molecule has 2 nitrogen and oxygen atoms in total. The first-order valence-electron chi connectivity index (χ1n) is 4.10. The van der Waals surface area contributed by atoms with E-state index in [-0.39, 0.29) is 0 Å². The Morgan fingerprint density at radius 3 is 1.90 bits per heavy atom. The molecule has 3 heteroatoms. The van der Waals surface area contributed by atoms with Crippen LogP contribution in [0.15, 0.2) is 0 Å². The van der Waals surface area contributed by atoms with Gasteiger partial charge in [-0.15, -0.1) is 0 Å². The Hall–Kier alpha value is 0.0600. The Morgan fingerprint density at radius 2 is 1.60 bits per heavy atom. The third kappa shape index (κ3) is 0.906. The maximum Gasteiger partial charge on any atom is 0.273 e. The average Bonchev–Trinajstić information content (AvgIpc) is 2.08. The molecule has 0 spiro atoms. The van der Waals surface area contributed by atoms with Crippen molar-refractivity contribution in [2.24, 2.45) is 5.92 Å². The van der Waals surface area contributed by atoms with Crippen LogP contribution in [0.1, 0.15) is 19.3 Å². The predicted molar refractivity (Wildman–Crippen MR) is 41.8 cm³/mol. The summed E-state index contributed by atoms with van der Waals surface area (Å²) in [5, 5.41) is 7.41. The zero-order chi connectivity index (χ0) is 7.03. The Labute approximate surface area is 63.6 Å². The molecule has 0 aromatic heterocycles. The van der Waals surface area contributed by atoms with Crippen molar-refractivity contribution in [3.05, 3.63) is 0 Å². The smallest absolute Gasteiger partial charge is 0.262 e. The second kappa shape index (κ2) is 2.28. The fourth-order valence-electron chi connectivity index (χ4n) is 2.19. The van der Waals surface area contributed by atoms with Crippen LogP contribution in [0.3, 0.4) is 0 Å². The van der Waals surface area contributed by atoms with Crippen LogP contribution in [0, 0.1) is 11.1 Å². The van der Waals surface area contributed by atoms with Crippen LogP contribution in [-0.4, -0.2) is 23.9 Å². The molecule has 0 radical (unpaired) electrons. The average molecular weight is 157 g/mol. The molecule has 0 unspecified atom stereocenters. The molecule has 10 heavy (non-hydrogen) atoms. The highest BCUT2D eigenvalue weighted by atomic mass is 31.1. The van der Waals surface area contributed by atoms with E-state index in [1.807, 2.05) is 0 Å². The number of nitrogens with zero attached hydrogens (tertiary/aromatic N) is 1. The van der Waals surface area contributed by atoms with Crippen molar-refractivity contribution < 1.29 is 4.25 Å². The van der Waals surface area contributed by atoms with Crippen molar-refractivity contribution in [1.29, 1.82) is 5.16 Å². The molecule has 0 aromatic rings. The van der Waals surface area contributed by atoms with Crippen molar-refractivity contribution >= 4 is 8.52 Å². The summed E-state index contributed by atoms with van der Waals surface area (Å²) in [4.78, 5) is 0. The second-order valence-corrected chi connectivity index (χ2v) is 4.65. The largest absolute Gasteiger partial charge is 0.273 e. The summed E-state index contributed by atoms with van der Waals surface area (Å²) in [6.07, 6.45) is 4.18. The van der Waals surface area contributed by atoms with Gasteiger partial charge in [0.2, 0.25) is 0 Å². The minimum Gasteiger partial charge on any atom is -0.262 e. The summed E-state index contributed by atoms with van der Waals surface area (Å²) in [6, 6.07) is 0. The standard InChI is InChI=1S/C7H14N2P/c8-10-9-4-1-7(2-5-9)3-6-9/h7-8H,1-6H2/q+1. The normalized spacial score (nSPS) is 46.2. The number of hydrogen-bond donors (Lipinski definition) is 1. The number of piperidine rings is 3. The van der Waals surface area contributed by atoms with E-state index in [2.05, 4.69) is 0 Å².